The summed E-state index contributed by atoms with van der Waals surface area (Å²) in [6, 6.07) is 17.2. The third-order valence-corrected chi connectivity index (χ3v) is 4.77. The molecule has 1 N–H and O–H groups in total. The van der Waals surface area contributed by atoms with Crippen molar-refractivity contribution in [3.8, 4) is 0 Å². The predicted octanol–water partition coefficient (Wildman–Crippen LogP) is 3.68. The van der Waals surface area contributed by atoms with Crippen LogP contribution in [0.5, 0.6) is 0 Å². The summed E-state index contributed by atoms with van der Waals surface area (Å²) in [5, 5.41) is 2.98. The number of benzene rings is 2. The molecule has 0 fully saturated rings. The van der Waals surface area contributed by atoms with Crippen molar-refractivity contribution in [2.45, 2.75) is 39.3 Å². The van der Waals surface area contributed by atoms with Gasteiger partial charge in [0.1, 0.15) is 0 Å². The minimum absolute atomic E-state index is 0.0856. The van der Waals surface area contributed by atoms with Crippen LogP contribution in [0.2, 0.25) is 0 Å². The van der Waals surface area contributed by atoms with Crippen LogP contribution in [0.15, 0.2) is 48.5 Å². The van der Waals surface area contributed by atoms with Gasteiger partial charge in [0.25, 0.3) is 0 Å². The first kappa shape index (κ1) is 18.5. The Morgan fingerprint density at radius 3 is 2.69 bits per heavy atom. The van der Waals surface area contributed by atoms with E-state index in [2.05, 4.69) is 58.7 Å². The second-order valence-corrected chi connectivity index (χ2v) is 6.69. The number of nitrogens with zero attached hydrogens (tertiary/aromatic N) is 1. The van der Waals surface area contributed by atoms with Gasteiger partial charge in [-0.1, -0.05) is 42.5 Å². The van der Waals surface area contributed by atoms with Crippen molar-refractivity contribution in [3.63, 3.8) is 0 Å². The monoisotopic (exact) mass is 352 g/mol. The van der Waals surface area contributed by atoms with E-state index in [1.807, 2.05) is 6.92 Å². The number of fused-ring (bicyclic) bond motifs is 1. The predicted molar refractivity (Wildman–Crippen MR) is 105 cm³/mol. The van der Waals surface area contributed by atoms with Crippen LogP contribution < -0.4 is 10.2 Å². The van der Waals surface area contributed by atoms with Gasteiger partial charge in [-0.05, 0) is 42.5 Å². The maximum Gasteiger partial charge on any atom is 0.220 e. The van der Waals surface area contributed by atoms with Crippen molar-refractivity contribution in [2.24, 2.45) is 0 Å². The fraction of sp³-hybridized carbons (Fsp3) is 0.409. The molecule has 0 spiro atoms. The van der Waals surface area contributed by atoms with Crippen molar-refractivity contribution >= 4 is 11.6 Å². The quantitative estimate of drug-likeness (QED) is 0.700. The molecular formula is C22H28N2O2. The van der Waals surface area contributed by atoms with Gasteiger partial charge >= 0.3 is 0 Å². The fourth-order valence-corrected chi connectivity index (χ4v) is 3.32. The highest BCUT2D eigenvalue weighted by atomic mass is 16.5. The van der Waals surface area contributed by atoms with Gasteiger partial charge < -0.3 is 15.0 Å². The first-order chi connectivity index (χ1) is 12.8. The van der Waals surface area contributed by atoms with E-state index in [1.165, 1.54) is 16.8 Å². The highest BCUT2D eigenvalue weighted by Gasteiger charge is 2.18. The summed E-state index contributed by atoms with van der Waals surface area (Å²) in [5.41, 5.74) is 5.23. The average Bonchev–Trinajstić information content (AvgIpc) is 3.08. The molecule has 0 unspecified atom stereocenters. The summed E-state index contributed by atoms with van der Waals surface area (Å²) in [4.78, 5) is 14.3. The van der Waals surface area contributed by atoms with E-state index in [9.17, 15) is 4.79 Å². The number of rotatable bonds is 9. The zero-order valence-electron chi connectivity index (χ0n) is 15.5. The molecule has 0 saturated heterocycles. The molecule has 2 aromatic carbocycles. The lowest BCUT2D eigenvalue weighted by Gasteiger charge is -2.19. The largest absolute Gasteiger partial charge is 0.382 e. The summed E-state index contributed by atoms with van der Waals surface area (Å²) < 4.78 is 5.25. The Hall–Kier alpha value is -2.33. The fourth-order valence-electron chi connectivity index (χ4n) is 3.32. The molecule has 4 nitrogen and oxygen atoms in total. The van der Waals surface area contributed by atoms with E-state index in [4.69, 9.17) is 4.74 Å². The number of carbonyl (C=O) groups excluding carboxylic acids is 1. The van der Waals surface area contributed by atoms with E-state index >= 15 is 0 Å². The van der Waals surface area contributed by atoms with Crippen molar-refractivity contribution < 1.29 is 9.53 Å². The van der Waals surface area contributed by atoms with E-state index in [0.717, 1.165) is 31.5 Å². The normalized spacial score (nSPS) is 12.9. The van der Waals surface area contributed by atoms with Gasteiger partial charge in [0.15, 0.2) is 0 Å². The minimum atomic E-state index is 0.0856. The molecule has 138 valence electrons. The highest BCUT2D eigenvalue weighted by molar-refractivity contribution is 5.75. The summed E-state index contributed by atoms with van der Waals surface area (Å²) in [5.74, 6) is 0.0856. The molecule has 3 rings (SSSR count). The molecule has 26 heavy (non-hydrogen) atoms. The maximum atomic E-state index is 11.8. The summed E-state index contributed by atoms with van der Waals surface area (Å²) in [7, 11) is 0. The molecular weight excluding hydrogens is 324 g/mol. The number of carbonyl (C=O) groups is 1. The number of nitrogens with one attached hydrogen (secondary N) is 1. The van der Waals surface area contributed by atoms with E-state index in [-0.39, 0.29) is 5.91 Å². The Morgan fingerprint density at radius 1 is 1.12 bits per heavy atom. The van der Waals surface area contributed by atoms with Crippen molar-refractivity contribution in [1.29, 1.82) is 0 Å². The van der Waals surface area contributed by atoms with Crippen molar-refractivity contribution in [3.05, 3.63) is 65.2 Å². The lowest BCUT2D eigenvalue weighted by Crippen LogP contribution is -2.23. The molecule has 1 aliphatic heterocycles. The van der Waals surface area contributed by atoms with Crippen LogP contribution in [0, 0.1) is 0 Å². The van der Waals surface area contributed by atoms with E-state index in [0.29, 0.717) is 26.2 Å². The lowest BCUT2D eigenvalue weighted by molar-refractivity contribution is -0.121. The van der Waals surface area contributed by atoms with Crippen LogP contribution in [-0.4, -0.2) is 25.7 Å². The molecule has 1 heterocycles. The highest BCUT2D eigenvalue weighted by Crippen LogP contribution is 2.28. The van der Waals surface area contributed by atoms with Crippen molar-refractivity contribution in [1.82, 2.24) is 5.32 Å². The van der Waals surface area contributed by atoms with Crippen LogP contribution in [-0.2, 0) is 29.0 Å². The number of ether oxygens (including phenoxy) is 1. The Labute approximate surface area is 156 Å². The van der Waals surface area contributed by atoms with Gasteiger partial charge in [-0.2, -0.15) is 0 Å². The Morgan fingerprint density at radius 2 is 1.88 bits per heavy atom. The molecule has 0 aliphatic carbocycles. The number of anilines is 1. The standard InChI is InChI=1S/C22H28N2O2/c1-2-26-15-5-8-22(25)23-16-18-9-11-19(12-10-18)17-24-14-13-20-6-3-4-7-21(20)24/h3-4,6-7,9-12H,2,5,8,13-17H2,1H3,(H,23,25). The van der Waals surface area contributed by atoms with Crippen LogP contribution >= 0.6 is 0 Å². The molecule has 0 aromatic heterocycles. The number of hydrogen-bond acceptors (Lipinski definition) is 3. The topological polar surface area (TPSA) is 41.6 Å². The molecule has 1 aliphatic rings. The zero-order valence-corrected chi connectivity index (χ0v) is 15.5. The second kappa shape index (κ2) is 9.39. The van der Waals surface area contributed by atoms with Crippen molar-refractivity contribution in [2.75, 3.05) is 24.7 Å². The number of hydrogen-bond donors (Lipinski definition) is 1. The second-order valence-electron chi connectivity index (χ2n) is 6.69. The summed E-state index contributed by atoms with van der Waals surface area (Å²) in [6.07, 6.45) is 2.42. The van der Waals surface area contributed by atoms with Crippen LogP contribution in [0.1, 0.15) is 36.5 Å². The van der Waals surface area contributed by atoms with Gasteiger partial charge in [0.05, 0.1) is 0 Å². The maximum absolute atomic E-state index is 11.8. The molecule has 0 radical (unpaired) electrons. The Bertz CT molecular complexity index is 712. The minimum Gasteiger partial charge on any atom is -0.382 e. The third kappa shape index (κ3) is 5.09. The summed E-state index contributed by atoms with van der Waals surface area (Å²) >= 11 is 0. The van der Waals surface area contributed by atoms with Gasteiger partial charge in [-0.15, -0.1) is 0 Å². The van der Waals surface area contributed by atoms with Gasteiger partial charge in [0.2, 0.25) is 5.91 Å². The molecule has 2 aromatic rings. The lowest BCUT2D eigenvalue weighted by atomic mass is 10.1. The van der Waals surface area contributed by atoms with Gasteiger partial charge in [-0.25, -0.2) is 0 Å². The van der Waals surface area contributed by atoms with Crippen LogP contribution in [0.25, 0.3) is 0 Å². The van der Waals surface area contributed by atoms with E-state index in [1.54, 1.807) is 0 Å². The first-order valence-corrected chi connectivity index (χ1v) is 9.51. The molecule has 1 amide bonds. The zero-order chi connectivity index (χ0) is 18.2. The molecule has 0 atom stereocenters. The van der Waals surface area contributed by atoms with E-state index < -0.39 is 0 Å². The van der Waals surface area contributed by atoms with Gasteiger partial charge in [0, 0.05) is 45.0 Å². The SMILES string of the molecule is CCOCCCC(=O)NCc1ccc(CN2CCc3ccccc32)cc1. The Kier molecular flexibility index (Phi) is 6.67. The Balaban J connectivity index is 1.45. The first-order valence-electron chi connectivity index (χ1n) is 9.51. The smallest absolute Gasteiger partial charge is 0.220 e. The summed E-state index contributed by atoms with van der Waals surface area (Å²) in [6.45, 7) is 5.92. The van der Waals surface area contributed by atoms with Crippen LogP contribution in [0.3, 0.4) is 0 Å². The van der Waals surface area contributed by atoms with Crippen LogP contribution in [0.4, 0.5) is 5.69 Å². The third-order valence-electron chi connectivity index (χ3n) is 4.77. The molecule has 0 bridgehead atoms. The molecule has 4 heteroatoms. The number of para-hydroxylation sites is 1. The number of amides is 1. The molecule has 0 saturated carbocycles. The van der Waals surface area contributed by atoms with Gasteiger partial charge in [-0.3, -0.25) is 4.79 Å². The average molecular weight is 352 g/mol.